The first-order valence-electron chi connectivity index (χ1n) is 5.87. The fraction of sp³-hybridized carbons (Fsp3) is 0.500. The number of carbonyl (C=O) groups is 1. The Kier molecular flexibility index (Phi) is 4.04. The molecule has 0 aliphatic heterocycles. The molecule has 1 aliphatic rings. The van der Waals surface area contributed by atoms with Crippen molar-refractivity contribution in [1.82, 2.24) is 4.98 Å². The van der Waals surface area contributed by atoms with E-state index in [2.05, 4.69) is 10.3 Å². The van der Waals surface area contributed by atoms with Crippen LogP contribution in [0.15, 0.2) is 12.1 Å². The van der Waals surface area contributed by atoms with Crippen molar-refractivity contribution in [3.8, 4) is 0 Å². The van der Waals surface area contributed by atoms with Gasteiger partial charge in [-0.2, -0.15) is 0 Å². The predicted molar refractivity (Wildman–Crippen MR) is 68.0 cm³/mol. The van der Waals surface area contributed by atoms with E-state index in [-0.39, 0.29) is 16.8 Å². The largest absolute Gasteiger partial charge is 0.478 e. The van der Waals surface area contributed by atoms with E-state index >= 15 is 0 Å². The van der Waals surface area contributed by atoms with Crippen LogP contribution in [0.1, 0.15) is 29.6 Å². The van der Waals surface area contributed by atoms with Crippen molar-refractivity contribution in [3.63, 3.8) is 0 Å². The number of nitrogens with one attached hydrogen (secondary N) is 1. The summed E-state index contributed by atoms with van der Waals surface area (Å²) in [4.78, 5) is 14.9. The molecule has 1 aromatic rings. The molecule has 18 heavy (non-hydrogen) atoms. The Morgan fingerprint density at radius 2 is 2.28 bits per heavy atom. The highest BCUT2D eigenvalue weighted by Crippen LogP contribution is 2.25. The van der Waals surface area contributed by atoms with Crippen molar-refractivity contribution in [2.24, 2.45) is 5.92 Å². The minimum Gasteiger partial charge on any atom is -0.478 e. The van der Waals surface area contributed by atoms with Crippen LogP contribution in [0.2, 0.25) is 5.15 Å². The van der Waals surface area contributed by atoms with Crippen LogP contribution in [-0.4, -0.2) is 33.8 Å². The summed E-state index contributed by atoms with van der Waals surface area (Å²) < 4.78 is 0. The van der Waals surface area contributed by atoms with Gasteiger partial charge in [-0.05, 0) is 37.3 Å². The quantitative estimate of drug-likeness (QED) is 0.729. The third-order valence-corrected chi connectivity index (χ3v) is 3.32. The van der Waals surface area contributed by atoms with Gasteiger partial charge in [0.2, 0.25) is 0 Å². The zero-order valence-corrected chi connectivity index (χ0v) is 10.5. The van der Waals surface area contributed by atoms with E-state index in [1.807, 2.05) is 0 Å². The first-order valence-corrected chi connectivity index (χ1v) is 6.25. The molecular formula is C12H15ClN2O3. The van der Waals surface area contributed by atoms with Crippen LogP contribution in [0.25, 0.3) is 0 Å². The summed E-state index contributed by atoms with van der Waals surface area (Å²) in [5.74, 6) is -0.172. The average molecular weight is 271 g/mol. The van der Waals surface area contributed by atoms with E-state index in [9.17, 15) is 9.90 Å². The molecule has 0 saturated heterocycles. The van der Waals surface area contributed by atoms with E-state index in [0.717, 1.165) is 19.3 Å². The van der Waals surface area contributed by atoms with E-state index < -0.39 is 5.97 Å². The lowest BCUT2D eigenvalue weighted by molar-refractivity contribution is 0.0697. The number of nitrogens with zero attached hydrogens (tertiary/aromatic N) is 1. The van der Waals surface area contributed by atoms with Gasteiger partial charge < -0.3 is 15.5 Å². The van der Waals surface area contributed by atoms with Gasteiger partial charge in [0.1, 0.15) is 11.0 Å². The van der Waals surface area contributed by atoms with Crippen LogP contribution in [-0.2, 0) is 0 Å². The van der Waals surface area contributed by atoms with Crippen molar-refractivity contribution in [2.75, 3.05) is 11.9 Å². The number of aromatic nitrogens is 1. The minimum atomic E-state index is -1.03. The molecule has 0 bridgehead atoms. The zero-order chi connectivity index (χ0) is 13.1. The van der Waals surface area contributed by atoms with Gasteiger partial charge in [0.15, 0.2) is 0 Å². The number of aliphatic hydroxyl groups is 1. The molecular weight excluding hydrogens is 256 g/mol. The van der Waals surface area contributed by atoms with Crippen LogP contribution in [0.4, 0.5) is 5.82 Å². The van der Waals surface area contributed by atoms with Crippen molar-refractivity contribution in [3.05, 3.63) is 22.8 Å². The topological polar surface area (TPSA) is 82.5 Å². The molecule has 1 fully saturated rings. The van der Waals surface area contributed by atoms with E-state index in [1.54, 1.807) is 0 Å². The number of carboxylic acids is 1. The Morgan fingerprint density at radius 1 is 1.50 bits per heavy atom. The summed E-state index contributed by atoms with van der Waals surface area (Å²) in [6, 6.07) is 2.77. The van der Waals surface area contributed by atoms with Crippen molar-refractivity contribution in [1.29, 1.82) is 0 Å². The van der Waals surface area contributed by atoms with Crippen LogP contribution >= 0.6 is 11.6 Å². The lowest BCUT2D eigenvalue weighted by Crippen LogP contribution is -2.14. The first kappa shape index (κ1) is 13.1. The van der Waals surface area contributed by atoms with Gasteiger partial charge in [0.25, 0.3) is 0 Å². The second kappa shape index (κ2) is 5.54. The Bertz CT molecular complexity index is 453. The molecule has 1 heterocycles. The van der Waals surface area contributed by atoms with Crippen LogP contribution in [0.3, 0.4) is 0 Å². The summed E-state index contributed by atoms with van der Waals surface area (Å²) in [6.07, 6.45) is 2.37. The van der Waals surface area contributed by atoms with Gasteiger partial charge in [-0.25, -0.2) is 9.78 Å². The number of aromatic carboxylic acids is 1. The lowest BCUT2D eigenvalue weighted by Gasteiger charge is -2.12. The standard InChI is InChI=1S/C12H15ClN2O3/c13-10-4-8(12(17)18)5-11(15-10)14-6-7-1-2-9(16)3-7/h4-5,7,9,16H,1-3,6H2,(H,14,15)(H,17,18). The highest BCUT2D eigenvalue weighted by atomic mass is 35.5. The summed E-state index contributed by atoms with van der Waals surface area (Å²) in [5, 5.41) is 21.5. The molecule has 3 N–H and O–H groups in total. The summed E-state index contributed by atoms with van der Waals surface area (Å²) in [5.41, 5.74) is 0.115. The molecule has 0 amide bonds. The third-order valence-electron chi connectivity index (χ3n) is 3.13. The van der Waals surface area contributed by atoms with Gasteiger partial charge in [-0.1, -0.05) is 11.6 Å². The minimum absolute atomic E-state index is 0.115. The molecule has 1 aromatic heterocycles. The zero-order valence-electron chi connectivity index (χ0n) is 9.77. The molecule has 5 nitrogen and oxygen atoms in total. The van der Waals surface area contributed by atoms with Gasteiger partial charge in [-0.3, -0.25) is 0 Å². The van der Waals surface area contributed by atoms with E-state index in [1.165, 1.54) is 12.1 Å². The maximum absolute atomic E-state index is 10.9. The number of rotatable bonds is 4. The maximum Gasteiger partial charge on any atom is 0.335 e. The van der Waals surface area contributed by atoms with Crippen molar-refractivity contribution in [2.45, 2.75) is 25.4 Å². The number of hydrogen-bond acceptors (Lipinski definition) is 4. The molecule has 0 aromatic carbocycles. The van der Waals surface area contributed by atoms with Gasteiger partial charge in [-0.15, -0.1) is 0 Å². The molecule has 0 spiro atoms. The molecule has 1 aliphatic carbocycles. The van der Waals surface area contributed by atoms with Crippen molar-refractivity contribution >= 4 is 23.4 Å². The van der Waals surface area contributed by atoms with Crippen LogP contribution in [0.5, 0.6) is 0 Å². The number of carboxylic acid groups (broad SMARTS) is 1. The van der Waals surface area contributed by atoms with Crippen LogP contribution in [0, 0.1) is 5.92 Å². The monoisotopic (exact) mass is 270 g/mol. The Hall–Kier alpha value is -1.33. The van der Waals surface area contributed by atoms with Gasteiger partial charge >= 0.3 is 5.97 Å². The second-order valence-electron chi connectivity index (χ2n) is 4.58. The van der Waals surface area contributed by atoms with E-state index in [4.69, 9.17) is 16.7 Å². The number of halogens is 1. The molecule has 0 radical (unpaired) electrons. The number of pyridine rings is 1. The Balaban J connectivity index is 1.98. The Labute approximate surface area is 110 Å². The van der Waals surface area contributed by atoms with E-state index in [0.29, 0.717) is 18.3 Å². The smallest absolute Gasteiger partial charge is 0.335 e. The molecule has 2 unspecified atom stereocenters. The average Bonchev–Trinajstić information content (AvgIpc) is 2.72. The Morgan fingerprint density at radius 3 is 2.89 bits per heavy atom. The molecule has 98 valence electrons. The maximum atomic E-state index is 10.9. The number of aliphatic hydroxyl groups excluding tert-OH is 1. The summed E-state index contributed by atoms with van der Waals surface area (Å²) >= 11 is 5.76. The molecule has 2 rings (SSSR count). The van der Waals surface area contributed by atoms with Gasteiger partial charge in [0, 0.05) is 6.54 Å². The second-order valence-corrected chi connectivity index (χ2v) is 4.97. The molecule has 2 atom stereocenters. The fourth-order valence-corrected chi connectivity index (χ4v) is 2.40. The third kappa shape index (κ3) is 3.34. The van der Waals surface area contributed by atoms with Crippen LogP contribution < -0.4 is 5.32 Å². The fourth-order valence-electron chi connectivity index (χ4n) is 2.19. The predicted octanol–water partition coefficient (Wildman–Crippen LogP) is 2.01. The normalized spacial score (nSPS) is 23.0. The highest BCUT2D eigenvalue weighted by molar-refractivity contribution is 6.29. The summed E-state index contributed by atoms with van der Waals surface area (Å²) in [7, 11) is 0. The number of anilines is 1. The van der Waals surface area contributed by atoms with Crippen molar-refractivity contribution < 1.29 is 15.0 Å². The van der Waals surface area contributed by atoms with Gasteiger partial charge in [0.05, 0.1) is 11.7 Å². The lowest BCUT2D eigenvalue weighted by atomic mass is 10.1. The molecule has 6 heteroatoms. The number of hydrogen-bond donors (Lipinski definition) is 3. The first-order chi connectivity index (χ1) is 8.54. The summed E-state index contributed by atoms with van der Waals surface area (Å²) in [6.45, 7) is 0.670. The molecule has 1 saturated carbocycles. The SMILES string of the molecule is O=C(O)c1cc(Cl)nc(NCC2CCC(O)C2)c1. The highest BCUT2D eigenvalue weighted by Gasteiger charge is 2.22.